The predicted octanol–water partition coefficient (Wildman–Crippen LogP) is 0.642. The van der Waals surface area contributed by atoms with Gasteiger partial charge in [0.15, 0.2) is 0 Å². The Morgan fingerprint density at radius 1 is 1.13 bits per heavy atom. The zero-order valence-corrected chi connectivity index (χ0v) is 17.9. The second kappa shape index (κ2) is 11.0. The summed E-state index contributed by atoms with van der Waals surface area (Å²) in [5.74, 6) is -0.123. The molecule has 0 unspecified atom stereocenters. The summed E-state index contributed by atoms with van der Waals surface area (Å²) < 4.78 is 33.4. The number of piperidine rings is 1. The molecule has 3 rings (SSSR count). The van der Waals surface area contributed by atoms with Gasteiger partial charge in [-0.05, 0) is 38.1 Å². The van der Waals surface area contributed by atoms with Crippen LogP contribution in [0.25, 0.3) is 0 Å². The van der Waals surface area contributed by atoms with Gasteiger partial charge in [0.05, 0.1) is 30.1 Å². The van der Waals surface area contributed by atoms with Gasteiger partial charge >= 0.3 is 0 Å². The van der Waals surface area contributed by atoms with Crippen LogP contribution in [0.5, 0.6) is 0 Å². The number of likely N-dealkylation sites (tertiary alicyclic amines) is 1. The minimum atomic E-state index is -3.74. The van der Waals surface area contributed by atoms with Gasteiger partial charge in [-0.15, -0.1) is 0 Å². The van der Waals surface area contributed by atoms with Gasteiger partial charge in [-0.2, -0.15) is 0 Å². The number of nitrogens with zero attached hydrogens (tertiary/aromatic N) is 1. The number of rotatable bonds is 9. The lowest BCUT2D eigenvalue weighted by Gasteiger charge is -2.31. The van der Waals surface area contributed by atoms with Crippen LogP contribution in [0, 0.1) is 0 Å². The van der Waals surface area contributed by atoms with Gasteiger partial charge in [-0.25, -0.2) is 13.1 Å². The summed E-state index contributed by atoms with van der Waals surface area (Å²) in [5.41, 5.74) is 0. The minimum Gasteiger partial charge on any atom is -0.394 e. The van der Waals surface area contributed by atoms with E-state index in [1.807, 2.05) is 0 Å². The zero-order valence-electron chi connectivity index (χ0n) is 17.1. The van der Waals surface area contributed by atoms with Crippen LogP contribution in [0.15, 0.2) is 47.4 Å². The lowest BCUT2D eigenvalue weighted by Crippen LogP contribution is -2.49. The Kier molecular flexibility index (Phi) is 8.41. The van der Waals surface area contributed by atoms with Crippen molar-refractivity contribution in [2.24, 2.45) is 0 Å². The first-order valence-corrected chi connectivity index (χ1v) is 12.0. The number of hydrogen-bond donors (Lipinski definition) is 3. The molecular weight excluding hydrogens is 406 g/mol. The van der Waals surface area contributed by atoms with Gasteiger partial charge < -0.3 is 20.1 Å². The zero-order chi connectivity index (χ0) is 21.4. The van der Waals surface area contributed by atoms with E-state index in [0.717, 1.165) is 19.6 Å². The Hall–Kier alpha value is -1.78. The number of benzene rings is 1. The summed E-state index contributed by atoms with van der Waals surface area (Å²) in [4.78, 5) is 14.7. The first-order chi connectivity index (χ1) is 14.5. The molecule has 0 saturated carbocycles. The molecule has 2 heterocycles. The van der Waals surface area contributed by atoms with E-state index >= 15 is 0 Å². The number of carbonyl (C=O) groups is 1. The predicted molar refractivity (Wildman–Crippen MR) is 113 cm³/mol. The molecule has 1 saturated heterocycles. The van der Waals surface area contributed by atoms with Crippen LogP contribution in [0.1, 0.15) is 25.7 Å². The molecule has 3 N–H and O–H groups in total. The smallest absolute Gasteiger partial charge is 0.241 e. The van der Waals surface area contributed by atoms with Crippen LogP contribution < -0.4 is 10.0 Å². The Labute approximate surface area is 178 Å². The van der Waals surface area contributed by atoms with Crippen LogP contribution in [-0.2, 0) is 19.6 Å². The Bertz CT molecular complexity index is 809. The van der Waals surface area contributed by atoms with E-state index in [2.05, 4.69) is 14.9 Å². The van der Waals surface area contributed by atoms with Crippen molar-refractivity contribution in [2.45, 2.75) is 48.8 Å². The van der Waals surface area contributed by atoms with Crippen molar-refractivity contribution in [3.63, 3.8) is 0 Å². The number of amides is 1. The van der Waals surface area contributed by atoms with Crippen LogP contribution in [0.2, 0.25) is 0 Å². The number of nitrogens with one attached hydrogen (secondary N) is 2. The molecule has 0 radical (unpaired) electrons. The SMILES string of the molecule is O=C(C[C@H]1C=C[C@@H](NS(=O)(=O)c2ccccc2)[C@H](CO)O1)NCCN1CCCCC1. The van der Waals surface area contributed by atoms with Crippen LogP contribution >= 0.6 is 0 Å². The molecule has 2 aliphatic heterocycles. The van der Waals surface area contributed by atoms with Gasteiger partial charge in [0.2, 0.25) is 15.9 Å². The lowest BCUT2D eigenvalue weighted by molar-refractivity contribution is -0.125. The number of sulfonamides is 1. The molecule has 0 bridgehead atoms. The molecule has 1 aromatic carbocycles. The van der Waals surface area contributed by atoms with Crippen LogP contribution in [0.3, 0.4) is 0 Å². The first-order valence-electron chi connectivity index (χ1n) is 10.5. The molecule has 9 heteroatoms. The number of aliphatic hydroxyl groups excluding tert-OH is 1. The summed E-state index contributed by atoms with van der Waals surface area (Å²) in [6, 6.07) is 7.32. The molecule has 166 valence electrons. The molecule has 30 heavy (non-hydrogen) atoms. The molecule has 2 aliphatic rings. The molecule has 3 atom stereocenters. The van der Waals surface area contributed by atoms with Crippen molar-refractivity contribution < 1.29 is 23.1 Å². The normalized spacial score (nSPS) is 25.2. The largest absolute Gasteiger partial charge is 0.394 e. The molecular formula is C21H31N3O5S. The highest BCUT2D eigenvalue weighted by molar-refractivity contribution is 7.89. The molecule has 1 aromatic rings. The van der Waals surface area contributed by atoms with E-state index in [1.54, 1.807) is 30.4 Å². The first kappa shape index (κ1) is 22.9. The Balaban J connectivity index is 1.48. The van der Waals surface area contributed by atoms with Crippen molar-refractivity contribution in [1.29, 1.82) is 0 Å². The lowest BCUT2D eigenvalue weighted by atomic mass is 10.1. The maximum atomic E-state index is 12.5. The minimum absolute atomic E-state index is 0.123. The average molecular weight is 438 g/mol. The third kappa shape index (κ3) is 6.61. The highest BCUT2D eigenvalue weighted by Gasteiger charge is 2.31. The molecule has 1 amide bonds. The van der Waals surface area contributed by atoms with Gasteiger partial charge in [-0.1, -0.05) is 36.8 Å². The number of hydrogen-bond acceptors (Lipinski definition) is 6. The summed E-state index contributed by atoms with van der Waals surface area (Å²) in [6.07, 6.45) is 5.90. The van der Waals surface area contributed by atoms with E-state index in [0.29, 0.717) is 6.54 Å². The van der Waals surface area contributed by atoms with Gasteiger partial charge in [0.1, 0.15) is 6.10 Å². The van der Waals surface area contributed by atoms with Crippen LogP contribution in [0.4, 0.5) is 0 Å². The van der Waals surface area contributed by atoms with Gasteiger partial charge in [-0.3, -0.25) is 4.79 Å². The topological polar surface area (TPSA) is 108 Å². The summed E-state index contributed by atoms with van der Waals surface area (Å²) >= 11 is 0. The number of aliphatic hydroxyl groups is 1. The quantitative estimate of drug-likeness (QED) is 0.490. The molecule has 1 fully saturated rings. The number of carbonyl (C=O) groups excluding carboxylic acids is 1. The Morgan fingerprint density at radius 2 is 1.87 bits per heavy atom. The van der Waals surface area contributed by atoms with E-state index in [1.165, 1.54) is 31.4 Å². The van der Waals surface area contributed by atoms with Crippen molar-refractivity contribution in [2.75, 3.05) is 32.8 Å². The average Bonchev–Trinajstić information content (AvgIpc) is 2.76. The third-order valence-corrected chi connectivity index (χ3v) is 6.87. The third-order valence-electron chi connectivity index (χ3n) is 5.39. The van der Waals surface area contributed by atoms with Crippen molar-refractivity contribution in [1.82, 2.24) is 14.9 Å². The second-order valence-corrected chi connectivity index (χ2v) is 9.41. The highest BCUT2D eigenvalue weighted by atomic mass is 32.2. The number of ether oxygens (including phenoxy) is 1. The molecule has 0 aliphatic carbocycles. The highest BCUT2D eigenvalue weighted by Crippen LogP contribution is 2.18. The van der Waals surface area contributed by atoms with Gasteiger partial charge in [0.25, 0.3) is 0 Å². The van der Waals surface area contributed by atoms with Crippen LogP contribution in [-0.4, -0.2) is 75.4 Å². The molecule has 0 aromatic heterocycles. The van der Waals surface area contributed by atoms with Crippen molar-refractivity contribution in [3.8, 4) is 0 Å². The second-order valence-electron chi connectivity index (χ2n) is 7.70. The maximum absolute atomic E-state index is 12.5. The standard InChI is InChI=1S/C21H31N3O5S/c25-16-20-19(23-30(27,28)18-7-3-1-4-8-18)10-9-17(29-20)15-21(26)22-11-14-24-12-5-2-6-13-24/h1,3-4,7-10,17,19-20,23,25H,2,5-6,11-16H2,(H,22,26)/t17-,19-,20+/m1/s1. The van der Waals surface area contributed by atoms with Gasteiger partial charge in [0, 0.05) is 13.1 Å². The fourth-order valence-corrected chi connectivity index (χ4v) is 4.99. The van der Waals surface area contributed by atoms with E-state index in [-0.39, 0.29) is 23.8 Å². The summed E-state index contributed by atoms with van der Waals surface area (Å²) in [6.45, 7) is 3.25. The van der Waals surface area contributed by atoms with E-state index in [4.69, 9.17) is 4.74 Å². The van der Waals surface area contributed by atoms with E-state index < -0.39 is 28.3 Å². The maximum Gasteiger partial charge on any atom is 0.241 e. The van der Waals surface area contributed by atoms with Crippen molar-refractivity contribution in [3.05, 3.63) is 42.5 Å². The van der Waals surface area contributed by atoms with E-state index in [9.17, 15) is 18.3 Å². The van der Waals surface area contributed by atoms with Crippen molar-refractivity contribution >= 4 is 15.9 Å². The molecule has 8 nitrogen and oxygen atoms in total. The fraction of sp³-hybridized carbons (Fsp3) is 0.571. The fourth-order valence-electron chi connectivity index (χ4n) is 3.75. The summed E-state index contributed by atoms with van der Waals surface area (Å²) in [7, 11) is -3.74. The monoisotopic (exact) mass is 437 g/mol. The Morgan fingerprint density at radius 3 is 2.57 bits per heavy atom. The molecule has 0 spiro atoms. The summed E-state index contributed by atoms with van der Waals surface area (Å²) in [5, 5.41) is 12.6.